The van der Waals surface area contributed by atoms with E-state index in [4.69, 9.17) is 0 Å². The molecule has 1 unspecified atom stereocenters. The van der Waals surface area contributed by atoms with E-state index in [1.165, 1.54) is 92.5 Å². The Hall–Kier alpha value is -5.90. The van der Waals surface area contributed by atoms with Crippen molar-refractivity contribution in [2.24, 2.45) is 5.92 Å². The average Bonchev–Trinajstić information content (AvgIpc) is 3.73. The zero-order chi connectivity index (χ0) is 43.2. The summed E-state index contributed by atoms with van der Waals surface area (Å²) in [6.07, 6.45) is 36.8. The third-order valence-electron chi connectivity index (χ3n) is 11.7. The van der Waals surface area contributed by atoms with E-state index in [0.29, 0.717) is 5.92 Å². The van der Waals surface area contributed by atoms with Gasteiger partial charge in [0.05, 0.1) is 0 Å². The topological polar surface area (TPSA) is 0 Å². The van der Waals surface area contributed by atoms with Crippen molar-refractivity contribution in [2.75, 3.05) is 0 Å². The largest absolute Gasteiger partial charge is 0.0941 e. The fourth-order valence-corrected chi connectivity index (χ4v) is 8.01. The molecule has 1 fully saturated rings. The summed E-state index contributed by atoms with van der Waals surface area (Å²) in [6.45, 7) is 17.3. The van der Waals surface area contributed by atoms with Gasteiger partial charge < -0.3 is 0 Å². The molecule has 0 heterocycles. The van der Waals surface area contributed by atoms with Gasteiger partial charge in [0.15, 0.2) is 0 Å². The van der Waals surface area contributed by atoms with Crippen LogP contribution in [0, 0.1) is 24.7 Å². The average molecular weight is 801 g/mol. The van der Waals surface area contributed by atoms with Gasteiger partial charge in [0.25, 0.3) is 0 Å². The van der Waals surface area contributed by atoms with E-state index in [2.05, 4.69) is 197 Å². The Morgan fingerprint density at radius 1 is 0.836 bits per heavy atom. The monoisotopic (exact) mass is 801 g/mol. The first-order valence-electron chi connectivity index (χ1n) is 22.9. The Kier molecular flexibility index (Phi) is 18.9. The minimum atomic E-state index is 0.465. The van der Waals surface area contributed by atoms with E-state index in [-0.39, 0.29) is 0 Å². The lowest BCUT2D eigenvalue weighted by Crippen LogP contribution is -2.11. The molecule has 3 aliphatic rings. The summed E-state index contributed by atoms with van der Waals surface area (Å²) >= 11 is 0. The Morgan fingerprint density at radius 2 is 1.52 bits per heavy atom. The number of allylic oxidation sites excluding steroid dienone is 17. The van der Waals surface area contributed by atoms with E-state index >= 15 is 0 Å². The highest BCUT2D eigenvalue weighted by molar-refractivity contribution is 5.80. The zero-order valence-electron chi connectivity index (χ0n) is 37.9. The van der Waals surface area contributed by atoms with Crippen LogP contribution in [-0.4, -0.2) is 0 Å². The molecule has 0 heteroatoms. The molecule has 0 saturated heterocycles. The molecule has 0 aromatic heterocycles. The fraction of sp³-hybridized carbons (Fsp3) is 0.279. The predicted octanol–water partition coefficient (Wildman–Crippen LogP) is 17.8. The van der Waals surface area contributed by atoms with Crippen LogP contribution in [0.25, 0.3) is 33.4 Å². The summed E-state index contributed by atoms with van der Waals surface area (Å²) in [5, 5.41) is 0. The number of benzene rings is 4. The van der Waals surface area contributed by atoms with E-state index in [9.17, 15) is 0 Å². The minimum absolute atomic E-state index is 0.465. The molecule has 0 nitrogen and oxygen atoms in total. The van der Waals surface area contributed by atoms with E-state index in [0.717, 1.165) is 43.6 Å². The summed E-state index contributed by atoms with van der Waals surface area (Å²) in [6, 6.07) is 35.4. The molecule has 0 aliphatic heterocycles. The summed E-state index contributed by atoms with van der Waals surface area (Å²) in [7, 11) is 0. The molecule has 0 spiro atoms. The summed E-state index contributed by atoms with van der Waals surface area (Å²) in [5.41, 5.74) is 16.6. The summed E-state index contributed by atoms with van der Waals surface area (Å²) < 4.78 is 0. The van der Waals surface area contributed by atoms with Crippen LogP contribution in [0.15, 0.2) is 193 Å². The Bertz CT molecular complexity index is 2330. The lowest BCUT2D eigenvalue weighted by Gasteiger charge is -2.26. The number of hydrogen-bond acceptors (Lipinski definition) is 0. The van der Waals surface area contributed by atoms with Gasteiger partial charge in [0.2, 0.25) is 0 Å². The predicted molar refractivity (Wildman–Crippen MR) is 270 cm³/mol. The first kappa shape index (κ1) is 46.2. The van der Waals surface area contributed by atoms with Gasteiger partial charge in [-0.15, -0.1) is 0 Å². The lowest BCUT2D eigenvalue weighted by atomic mass is 9.80. The van der Waals surface area contributed by atoms with Crippen LogP contribution < -0.4 is 0 Å². The second-order valence-corrected chi connectivity index (χ2v) is 16.2. The third kappa shape index (κ3) is 14.1. The second-order valence-electron chi connectivity index (χ2n) is 16.2. The molecule has 7 rings (SSSR count). The maximum absolute atomic E-state index is 4.59. The molecule has 3 aliphatic carbocycles. The van der Waals surface area contributed by atoms with E-state index < -0.39 is 0 Å². The molecular formula is C61H68. The summed E-state index contributed by atoms with van der Waals surface area (Å²) in [5.74, 6) is 7.66. The molecule has 312 valence electrons. The first-order valence-corrected chi connectivity index (χ1v) is 22.9. The van der Waals surface area contributed by atoms with Crippen molar-refractivity contribution < 1.29 is 0 Å². The Morgan fingerprint density at radius 3 is 2.20 bits per heavy atom. The minimum Gasteiger partial charge on any atom is -0.0941 e. The quantitative estimate of drug-likeness (QED) is 0.0880. The van der Waals surface area contributed by atoms with Crippen molar-refractivity contribution >= 4 is 11.1 Å². The Balaban J connectivity index is 0.000000400. The van der Waals surface area contributed by atoms with Crippen molar-refractivity contribution in [3.05, 3.63) is 216 Å². The molecule has 0 amide bonds. The van der Waals surface area contributed by atoms with Crippen molar-refractivity contribution in [2.45, 2.75) is 105 Å². The molecule has 4 aromatic carbocycles. The Labute approximate surface area is 370 Å². The second kappa shape index (κ2) is 25.0. The van der Waals surface area contributed by atoms with Crippen molar-refractivity contribution in [3.8, 4) is 34.1 Å². The van der Waals surface area contributed by atoms with Gasteiger partial charge in [0.1, 0.15) is 0 Å². The smallest absolute Gasteiger partial charge is 0.0306 e. The maximum atomic E-state index is 4.59. The van der Waals surface area contributed by atoms with E-state index in [1.54, 1.807) is 0 Å². The molecule has 0 radical (unpaired) electrons. The molecule has 4 aromatic rings. The standard InChI is InChI=1S/C46H46.C13H16.C2H6/c1-34-19-21-45(33-46(34)36(3)32-44(22-20-37-15-12-16-37)40-17-10-6-7-11-18-40)43-29-27-42(28-30-43)41-25-23-39(24-26-41)35(2)31-38-13-8-4-5-9-14-38;1-3-8-12(9-4-2)13-10-6-5-7-11-13;1-2/h4,6,8,10-11,13,17-19,21,23-30,32-33,35,37H,3,7,12,14-16,20,22,31H2,1-2H3;3,5-11H,4H2,1-2H3;1-2H3/b44-32+;8-3-,12-9+;. The van der Waals surface area contributed by atoms with E-state index in [1.807, 2.05) is 32.9 Å². The van der Waals surface area contributed by atoms with Gasteiger partial charge in [-0.25, -0.2) is 0 Å². The molecular weight excluding hydrogens is 733 g/mol. The van der Waals surface area contributed by atoms with Crippen LogP contribution >= 0.6 is 0 Å². The van der Waals surface area contributed by atoms with Crippen LogP contribution in [0.2, 0.25) is 0 Å². The molecule has 1 atom stereocenters. The number of rotatable bonds is 14. The van der Waals surface area contributed by atoms with Gasteiger partial charge in [0, 0.05) is 6.42 Å². The highest BCUT2D eigenvalue weighted by atomic mass is 14.2. The van der Waals surface area contributed by atoms with Gasteiger partial charge in [-0.3, -0.25) is 0 Å². The zero-order valence-corrected chi connectivity index (χ0v) is 37.9. The number of hydrogen-bond donors (Lipinski definition) is 0. The third-order valence-corrected chi connectivity index (χ3v) is 11.7. The van der Waals surface area contributed by atoms with Crippen LogP contribution in [0.1, 0.15) is 121 Å². The van der Waals surface area contributed by atoms with Crippen LogP contribution in [0.4, 0.5) is 0 Å². The highest BCUT2D eigenvalue weighted by Crippen LogP contribution is 2.36. The molecule has 61 heavy (non-hydrogen) atoms. The van der Waals surface area contributed by atoms with Gasteiger partial charge in [-0.1, -0.05) is 229 Å². The molecule has 0 bridgehead atoms. The van der Waals surface area contributed by atoms with Gasteiger partial charge >= 0.3 is 0 Å². The number of aryl methyl sites for hydroxylation is 1. The van der Waals surface area contributed by atoms with Crippen molar-refractivity contribution in [1.29, 1.82) is 0 Å². The first-order chi connectivity index (χ1) is 29.9. The maximum Gasteiger partial charge on any atom is 0.0306 e. The highest BCUT2D eigenvalue weighted by Gasteiger charge is 2.18. The van der Waals surface area contributed by atoms with Crippen molar-refractivity contribution in [1.82, 2.24) is 0 Å². The SMILES string of the molecule is C/C=C\C(=C/CC)c1ccccc1.C=C(/C=C(\CCC1CCC1)C1=CC=CCC=C1)c1cc(-c2ccc(-c3ccc(C(C)CC4=CC=CC#CC4)cc3)cc2)ccc1C.CC. The van der Waals surface area contributed by atoms with Gasteiger partial charge in [-0.2, -0.15) is 0 Å². The van der Waals surface area contributed by atoms with Crippen LogP contribution in [-0.2, 0) is 0 Å². The van der Waals surface area contributed by atoms with Crippen molar-refractivity contribution in [3.63, 3.8) is 0 Å². The van der Waals surface area contributed by atoms with Crippen LogP contribution in [0.5, 0.6) is 0 Å². The molecule has 1 saturated carbocycles. The van der Waals surface area contributed by atoms with Gasteiger partial charge in [-0.05, 0) is 137 Å². The lowest BCUT2D eigenvalue weighted by molar-refractivity contribution is 0.296. The fourth-order valence-electron chi connectivity index (χ4n) is 8.01. The summed E-state index contributed by atoms with van der Waals surface area (Å²) in [4.78, 5) is 0. The van der Waals surface area contributed by atoms with Crippen LogP contribution in [0.3, 0.4) is 0 Å². The molecule has 0 N–H and O–H groups in total. The normalized spacial score (nSPS) is 15.4.